The van der Waals surface area contributed by atoms with Crippen molar-refractivity contribution in [3.63, 3.8) is 0 Å². The maximum absolute atomic E-state index is 13.7. The molecule has 0 radical (unpaired) electrons. The van der Waals surface area contributed by atoms with Gasteiger partial charge in [0.15, 0.2) is 4.80 Å². The molecule has 3 rings (SSSR count). The number of anilines is 1. The first-order valence-corrected chi connectivity index (χ1v) is 9.35. The van der Waals surface area contributed by atoms with Crippen LogP contribution in [-0.2, 0) is 18.3 Å². The molecule has 27 heavy (non-hydrogen) atoms. The van der Waals surface area contributed by atoms with Crippen LogP contribution < -0.4 is 10.1 Å². The zero-order valence-corrected chi connectivity index (χ0v) is 16.3. The van der Waals surface area contributed by atoms with Crippen LogP contribution in [0.5, 0.6) is 0 Å². The van der Waals surface area contributed by atoms with E-state index >= 15 is 0 Å². The highest BCUT2D eigenvalue weighted by atomic mass is 35.5. The van der Waals surface area contributed by atoms with E-state index in [1.165, 1.54) is 47.7 Å². The van der Waals surface area contributed by atoms with Gasteiger partial charge >= 0.3 is 0 Å². The number of nitrogens with one attached hydrogen (secondary N) is 1. The molecule has 140 valence electrons. The molecule has 0 aliphatic heterocycles. The molecule has 0 saturated heterocycles. The summed E-state index contributed by atoms with van der Waals surface area (Å²) < 4.78 is 28.7. The van der Waals surface area contributed by atoms with E-state index in [1.54, 1.807) is 17.0 Å². The normalized spacial score (nSPS) is 11.7. The predicted molar refractivity (Wildman–Crippen MR) is 104 cm³/mol. The van der Waals surface area contributed by atoms with E-state index < -0.39 is 11.6 Å². The summed E-state index contributed by atoms with van der Waals surface area (Å²) in [6.07, 6.45) is 0.0264. The third-order valence-electron chi connectivity index (χ3n) is 3.69. The van der Waals surface area contributed by atoms with E-state index in [2.05, 4.69) is 10.3 Å². The second kappa shape index (κ2) is 8.21. The lowest BCUT2D eigenvalue weighted by atomic mass is 10.2. The monoisotopic (exact) mass is 427 g/mol. The number of hydrogen-bond donors (Lipinski definition) is 1. The van der Waals surface area contributed by atoms with Gasteiger partial charge in [-0.05, 0) is 36.4 Å². The second-order valence-electron chi connectivity index (χ2n) is 5.63. The topological polar surface area (TPSA) is 46.4 Å². The Morgan fingerprint density at radius 2 is 1.93 bits per heavy atom. The molecule has 1 aromatic heterocycles. The van der Waals surface area contributed by atoms with Gasteiger partial charge in [0.25, 0.3) is 0 Å². The fourth-order valence-electron chi connectivity index (χ4n) is 2.28. The number of carbonyl (C=O) groups is 1. The van der Waals surface area contributed by atoms with Crippen molar-refractivity contribution in [2.75, 3.05) is 5.32 Å². The summed E-state index contributed by atoms with van der Waals surface area (Å²) in [7, 11) is 1.75. The van der Waals surface area contributed by atoms with Crippen LogP contribution in [0.3, 0.4) is 0 Å². The number of amides is 1. The molecule has 0 fully saturated rings. The first-order valence-electron chi connectivity index (χ1n) is 7.71. The summed E-state index contributed by atoms with van der Waals surface area (Å²) in [5.41, 5.74) is 1.21. The van der Waals surface area contributed by atoms with Crippen LogP contribution >= 0.6 is 34.5 Å². The summed E-state index contributed by atoms with van der Waals surface area (Å²) in [6.45, 7) is 0. The fourth-order valence-corrected chi connectivity index (χ4v) is 3.54. The van der Waals surface area contributed by atoms with Crippen molar-refractivity contribution in [3.05, 3.63) is 74.0 Å². The number of nitrogens with zero attached hydrogens (tertiary/aromatic N) is 2. The Morgan fingerprint density at radius 3 is 2.67 bits per heavy atom. The van der Waals surface area contributed by atoms with Crippen molar-refractivity contribution in [1.29, 1.82) is 0 Å². The van der Waals surface area contributed by atoms with Gasteiger partial charge < -0.3 is 9.88 Å². The van der Waals surface area contributed by atoms with Crippen molar-refractivity contribution in [3.8, 4) is 0 Å². The molecule has 0 saturated carbocycles. The Kier molecular flexibility index (Phi) is 5.94. The van der Waals surface area contributed by atoms with Crippen molar-refractivity contribution in [2.45, 2.75) is 6.42 Å². The largest absolute Gasteiger partial charge is 0.323 e. The minimum atomic E-state index is -0.564. The SMILES string of the molecule is Cn1c(CC(=O)Nc2cc(Cl)ccc2F)csc1=Nc1ccc(F)c(Cl)c1. The lowest BCUT2D eigenvalue weighted by Crippen LogP contribution is -2.20. The van der Waals surface area contributed by atoms with Crippen LogP contribution in [0.25, 0.3) is 0 Å². The summed E-state index contributed by atoms with van der Waals surface area (Å²) >= 11 is 12.9. The Balaban J connectivity index is 1.78. The first-order chi connectivity index (χ1) is 12.8. The van der Waals surface area contributed by atoms with Crippen molar-refractivity contribution >= 4 is 51.8 Å². The van der Waals surface area contributed by atoms with Crippen LogP contribution in [0.4, 0.5) is 20.2 Å². The van der Waals surface area contributed by atoms with Gasteiger partial charge in [0, 0.05) is 23.1 Å². The van der Waals surface area contributed by atoms with Crippen LogP contribution in [0.15, 0.2) is 46.8 Å². The minimum Gasteiger partial charge on any atom is -0.323 e. The second-order valence-corrected chi connectivity index (χ2v) is 7.31. The van der Waals surface area contributed by atoms with Gasteiger partial charge in [0.05, 0.1) is 22.8 Å². The molecular formula is C18H13Cl2F2N3OS. The van der Waals surface area contributed by atoms with Crippen LogP contribution in [0.2, 0.25) is 10.0 Å². The van der Waals surface area contributed by atoms with E-state index in [1.807, 2.05) is 0 Å². The summed E-state index contributed by atoms with van der Waals surface area (Å²) in [6, 6.07) is 8.11. The smallest absolute Gasteiger partial charge is 0.230 e. The number of benzene rings is 2. The summed E-state index contributed by atoms with van der Waals surface area (Å²) in [5.74, 6) is -1.47. The third kappa shape index (κ3) is 4.74. The van der Waals surface area contributed by atoms with Gasteiger partial charge in [0.1, 0.15) is 11.6 Å². The highest BCUT2D eigenvalue weighted by molar-refractivity contribution is 7.07. The van der Waals surface area contributed by atoms with E-state index in [9.17, 15) is 13.6 Å². The highest BCUT2D eigenvalue weighted by Crippen LogP contribution is 2.22. The Labute approximate surface area is 167 Å². The maximum atomic E-state index is 13.7. The van der Waals surface area contributed by atoms with Gasteiger partial charge in [-0.3, -0.25) is 4.79 Å². The van der Waals surface area contributed by atoms with Gasteiger partial charge in [-0.25, -0.2) is 13.8 Å². The molecule has 0 bridgehead atoms. The molecular weight excluding hydrogens is 415 g/mol. The summed E-state index contributed by atoms with van der Waals surface area (Å²) in [5, 5.41) is 4.59. The predicted octanol–water partition coefficient (Wildman–Crippen LogP) is 5.09. The van der Waals surface area contributed by atoms with Crippen LogP contribution in [-0.4, -0.2) is 10.5 Å². The average Bonchev–Trinajstić information content (AvgIpc) is 2.94. The Hall–Kier alpha value is -2.22. The van der Waals surface area contributed by atoms with E-state index in [0.717, 1.165) is 0 Å². The standard InChI is InChI=1S/C18H13Cl2F2N3OS/c1-25-12(8-17(26)24-16-6-10(19)2-4-15(16)22)9-27-18(25)23-11-3-5-14(21)13(20)7-11/h2-7,9H,8H2,1H3,(H,24,26). The highest BCUT2D eigenvalue weighted by Gasteiger charge is 2.11. The first kappa shape index (κ1) is 19.5. The van der Waals surface area contributed by atoms with E-state index in [-0.39, 0.29) is 23.0 Å². The Morgan fingerprint density at radius 1 is 1.19 bits per heavy atom. The number of carbonyl (C=O) groups excluding carboxylic acids is 1. The maximum Gasteiger partial charge on any atom is 0.230 e. The molecule has 0 spiro atoms. The van der Waals surface area contributed by atoms with Crippen LogP contribution in [0, 0.1) is 11.6 Å². The molecule has 9 heteroatoms. The molecule has 1 N–H and O–H groups in total. The molecule has 0 aliphatic carbocycles. The molecule has 1 heterocycles. The molecule has 3 aromatic rings. The number of hydrogen-bond acceptors (Lipinski definition) is 3. The molecule has 4 nitrogen and oxygen atoms in total. The number of rotatable bonds is 4. The molecule has 0 atom stereocenters. The molecule has 2 aromatic carbocycles. The average molecular weight is 428 g/mol. The molecule has 0 unspecified atom stereocenters. The van der Waals surface area contributed by atoms with Crippen molar-refractivity contribution in [1.82, 2.24) is 4.57 Å². The zero-order chi connectivity index (χ0) is 19.6. The van der Waals surface area contributed by atoms with Gasteiger partial charge in [-0.15, -0.1) is 11.3 Å². The summed E-state index contributed by atoms with van der Waals surface area (Å²) in [4.78, 5) is 17.2. The van der Waals surface area contributed by atoms with Crippen LogP contribution in [0.1, 0.15) is 5.69 Å². The third-order valence-corrected chi connectivity index (χ3v) is 5.18. The lowest BCUT2D eigenvalue weighted by molar-refractivity contribution is -0.115. The van der Waals surface area contributed by atoms with E-state index in [0.29, 0.717) is 21.2 Å². The van der Waals surface area contributed by atoms with Crippen molar-refractivity contribution < 1.29 is 13.6 Å². The minimum absolute atomic E-state index is 0.0152. The van der Waals surface area contributed by atoms with Gasteiger partial charge in [0.2, 0.25) is 5.91 Å². The van der Waals surface area contributed by atoms with Gasteiger partial charge in [-0.2, -0.15) is 0 Å². The quantitative estimate of drug-likeness (QED) is 0.619. The van der Waals surface area contributed by atoms with E-state index in [4.69, 9.17) is 23.2 Å². The fraction of sp³-hybridized carbons (Fsp3) is 0.111. The number of halogens is 4. The van der Waals surface area contributed by atoms with Gasteiger partial charge in [-0.1, -0.05) is 23.2 Å². The Bertz CT molecular complexity index is 1080. The number of thiazole rings is 1. The number of aromatic nitrogens is 1. The molecule has 1 amide bonds. The lowest BCUT2D eigenvalue weighted by Gasteiger charge is -2.07. The molecule has 0 aliphatic rings. The zero-order valence-electron chi connectivity index (χ0n) is 14.0. The van der Waals surface area contributed by atoms with Crippen molar-refractivity contribution in [2.24, 2.45) is 12.0 Å².